The number of nitrogens with one attached hydrogen (secondary N) is 2. The van der Waals surface area contributed by atoms with Gasteiger partial charge in [0.25, 0.3) is 0 Å². The van der Waals surface area contributed by atoms with Crippen LogP contribution in [0, 0.1) is 17.8 Å². The van der Waals surface area contributed by atoms with Crippen molar-refractivity contribution in [3.63, 3.8) is 0 Å². The number of hydrogen-bond acceptors (Lipinski definition) is 10. The third kappa shape index (κ3) is 9.39. The summed E-state index contributed by atoms with van der Waals surface area (Å²) in [6.07, 6.45) is -0.816. The number of anilines is 2. The van der Waals surface area contributed by atoms with Gasteiger partial charge in [0.05, 0.1) is 47.5 Å². The minimum atomic E-state index is -4.06. The minimum absolute atomic E-state index is 0.0294. The molecule has 0 saturated carbocycles. The lowest BCUT2D eigenvalue weighted by molar-refractivity contribution is -0.0907. The summed E-state index contributed by atoms with van der Waals surface area (Å²) < 4.78 is 46.6. The van der Waals surface area contributed by atoms with Crippen LogP contribution in [0.25, 0.3) is 0 Å². The van der Waals surface area contributed by atoms with Crippen molar-refractivity contribution in [2.75, 3.05) is 57.0 Å². The highest BCUT2D eigenvalue weighted by Gasteiger charge is 2.44. The van der Waals surface area contributed by atoms with E-state index < -0.39 is 34.4 Å². The van der Waals surface area contributed by atoms with Crippen LogP contribution >= 0.6 is 0 Å². The molecule has 0 spiro atoms. The maximum Gasteiger partial charge on any atom is 0.407 e. The Morgan fingerprint density at radius 2 is 1.85 bits per heavy atom. The first-order chi connectivity index (χ1) is 22.9. The monoisotopic (exact) mass is 687 g/mol. The fourth-order valence-corrected chi connectivity index (χ4v) is 8.51. The van der Waals surface area contributed by atoms with Gasteiger partial charge in [-0.15, -0.1) is 0 Å². The molecule has 0 bridgehead atoms. The topological polar surface area (TPSA) is 156 Å². The number of carbonyl (C=O) groups is 1. The number of fused-ring (bicyclic) bond motifs is 1. The van der Waals surface area contributed by atoms with Crippen LogP contribution in [0.1, 0.15) is 46.1 Å². The Bertz CT molecular complexity index is 1460. The number of alkyl carbamates (subject to hydrolysis) is 1. The number of amides is 1. The van der Waals surface area contributed by atoms with Gasteiger partial charge in [-0.25, -0.2) is 13.2 Å². The highest BCUT2D eigenvalue weighted by Crippen LogP contribution is 2.33. The van der Waals surface area contributed by atoms with Crippen LogP contribution in [0.15, 0.2) is 53.4 Å². The van der Waals surface area contributed by atoms with Gasteiger partial charge in [-0.05, 0) is 54.9 Å². The number of nitrogens with zero attached hydrogens (tertiary/aromatic N) is 2. The molecule has 2 aromatic rings. The van der Waals surface area contributed by atoms with E-state index in [0.29, 0.717) is 23.9 Å². The average Bonchev–Trinajstić information content (AvgIpc) is 3.77. The third-order valence-corrected chi connectivity index (χ3v) is 11.0. The molecule has 0 unspecified atom stereocenters. The van der Waals surface area contributed by atoms with Gasteiger partial charge in [0.1, 0.15) is 6.10 Å². The first kappa shape index (κ1) is 36.3. The molecule has 3 fully saturated rings. The molecular formula is C35H53N5O7S. The lowest BCUT2D eigenvalue weighted by atomic mass is 10.0. The lowest BCUT2D eigenvalue weighted by Gasteiger charge is -2.31. The molecule has 13 heteroatoms. The summed E-state index contributed by atoms with van der Waals surface area (Å²) in [7, 11) is -4.06. The predicted molar refractivity (Wildman–Crippen MR) is 185 cm³/mol. The lowest BCUT2D eigenvalue weighted by Crippen LogP contribution is -2.51. The molecule has 3 heterocycles. The van der Waals surface area contributed by atoms with Gasteiger partial charge in [-0.1, -0.05) is 58.0 Å². The van der Waals surface area contributed by atoms with Crippen LogP contribution in [-0.4, -0.2) is 105 Å². The van der Waals surface area contributed by atoms with Crippen molar-refractivity contribution in [3.8, 4) is 0 Å². The number of likely N-dealkylation sites (tertiary alicyclic amines) is 1. The van der Waals surface area contributed by atoms with Crippen molar-refractivity contribution in [1.82, 2.24) is 14.5 Å². The van der Waals surface area contributed by atoms with E-state index in [4.69, 9.17) is 19.9 Å². The number of hydrogen-bond donors (Lipinski definition) is 4. The molecule has 2 aromatic carbocycles. The second-order valence-corrected chi connectivity index (χ2v) is 16.2. The number of benzene rings is 2. The van der Waals surface area contributed by atoms with Crippen molar-refractivity contribution in [2.24, 2.45) is 17.8 Å². The number of ether oxygens (including phenoxy) is 3. The van der Waals surface area contributed by atoms with Gasteiger partial charge in [0, 0.05) is 38.8 Å². The quantitative estimate of drug-likeness (QED) is 0.205. The van der Waals surface area contributed by atoms with E-state index in [1.165, 1.54) is 10.4 Å². The molecular weight excluding hydrogens is 634 g/mol. The van der Waals surface area contributed by atoms with E-state index in [2.05, 4.69) is 29.4 Å². The number of nitrogen functional groups attached to an aromatic ring is 1. The van der Waals surface area contributed by atoms with E-state index in [0.717, 1.165) is 38.0 Å². The third-order valence-electron chi connectivity index (χ3n) is 9.19. The molecule has 0 aliphatic carbocycles. The molecule has 3 aliphatic heterocycles. The second kappa shape index (κ2) is 16.2. The van der Waals surface area contributed by atoms with E-state index in [1.807, 2.05) is 44.2 Å². The summed E-state index contributed by atoms with van der Waals surface area (Å²) in [6.45, 7) is 11.8. The summed E-state index contributed by atoms with van der Waals surface area (Å²) in [5.41, 5.74) is 8.25. The maximum absolute atomic E-state index is 14.2. The molecule has 48 heavy (non-hydrogen) atoms. The van der Waals surface area contributed by atoms with E-state index in [1.54, 1.807) is 12.1 Å². The molecule has 1 amide bonds. The average molecular weight is 688 g/mol. The number of nitrogens with two attached hydrogens (primary N) is 1. The molecule has 5 rings (SSSR count). The Labute approximate surface area is 285 Å². The number of sulfonamides is 1. The van der Waals surface area contributed by atoms with E-state index in [-0.39, 0.29) is 55.2 Å². The molecule has 3 aliphatic rings. The minimum Gasteiger partial charge on any atom is -0.443 e. The second-order valence-electron chi connectivity index (χ2n) is 14.2. The summed E-state index contributed by atoms with van der Waals surface area (Å²) in [5.74, 6) is 0.500. The number of aliphatic hydroxyl groups is 1. The zero-order chi connectivity index (χ0) is 34.4. The zero-order valence-corrected chi connectivity index (χ0v) is 29.4. The van der Waals surface area contributed by atoms with Crippen molar-refractivity contribution in [1.29, 1.82) is 0 Å². The van der Waals surface area contributed by atoms with Crippen LogP contribution in [0.4, 0.5) is 16.2 Å². The molecule has 12 nitrogen and oxygen atoms in total. The van der Waals surface area contributed by atoms with Crippen LogP contribution in [-0.2, 0) is 30.7 Å². The molecule has 5 N–H and O–H groups in total. The fourth-order valence-electron chi connectivity index (χ4n) is 6.86. The van der Waals surface area contributed by atoms with Gasteiger partial charge in [0.2, 0.25) is 10.0 Å². The first-order valence-corrected chi connectivity index (χ1v) is 18.6. The first-order valence-electron chi connectivity index (χ1n) is 17.2. The molecule has 6 atom stereocenters. The Morgan fingerprint density at radius 3 is 2.58 bits per heavy atom. The Morgan fingerprint density at radius 1 is 1.08 bits per heavy atom. The molecule has 0 radical (unpaired) electrons. The van der Waals surface area contributed by atoms with Crippen molar-refractivity contribution >= 4 is 27.5 Å². The van der Waals surface area contributed by atoms with Crippen molar-refractivity contribution < 1.29 is 32.5 Å². The summed E-state index contributed by atoms with van der Waals surface area (Å²) in [4.78, 5) is 15.7. The van der Waals surface area contributed by atoms with Crippen LogP contribution < -0.4 is 16.4 Å². The SMILES string of the molecule is CC(C)CN1CC[C@H](Nc2cc(S(=O)(=O)N(CC(C)C)C[C@@H](O)[C@H](Cc3ccccc3)NC(=O)O[C@H]3CO[C@H]4OCC[C@H]43)ccc2N)C1. The van der Waals surface area contributed by atoms with Gasteiger partial charge in [-0.3, -0.25) is 0 Å². The number of rotatable bonds is 15. The van der Waals surface area contributed by atoms with Crippen molar-refractivity contribution in [3.05, 3.63) is 54.1 Å². The maximum atomic E-state index is 14.2. The Balaban J connectivity index is 1.31. The number of aliphatic hydroxyl groups excluding tert-OH is 1. The van der Waals surface area contributed by atoms with Gasteiger partial charge in [-0.2, -0.15) is 4.31 Å². The fraction of sp³-hybridized carbons (Fsp3) is 0.629. The summed E-state index contributed by atoms with van der Waals surface area (Å²) in [6, 6.07) is 13.5. The Hall–Kier alpha value is -2.94. The zero-order valence-electron chi connectivity index (χ0n) is 28.6. The predicted octanol–water partition coefficient (Wildman–Crippen LogP) is 3.52. The van der Waals surface area contributed by atoms with E-state index >= 15 is 0 Å². The van der Waals surface area contributed by atoms with E-state index in [9.17, 15) is 18.3 Å². The van der Waals surface area contributed by atoms with Gasteiger partial charge >= 0.3 is 6.09 Å². The normalized spacial score (nSPS) is 24.2. The molecule has 3 saturated heterocycles. The standard InChI is InChI=1S/C35H53N5O7S/c1-23(2)18-39-14-12-26(20-39)37-30-17-27(10-11-29(30)36)48(43,44)40(19-24(3)4)21-32(41)31(16-25-8-6-5-7-9-25)38-35(42)47-33-22-46-34-28(33)13-15-45-34/h5-11,17,23-24,26,28,31-34,37,41H,12-16,18-22,36H2,1-4H3,(H,38,42)/t26-,28-,31-,32+,33-,34+/m0/s1. The van der Waals surface area contributed by atoms with Crippen LogP contribution in [0.2, 0.25) is 0 Å². The summed E-state index contributed by atoms with van der Waals surface area (Å²) in [5, 5.41) is 18.0. The number of carbonyl (C=O) groups excluding carboxylic acids is 1. The smallest absolute Gasteiger partial charge is 0.407 e. The largest absolute Gasteiger partial charge is 0.443 e. The molecule has 266 valence electrons. The molecule has 0 aromatic heterocycles. The highest BCUT2D eigenvalue weighted by atomic mass is 32.2. The van der Waals surface area contributed by atoms with Crippen molar-refractivity contribution in [2.45, 2.75) is 82.4 Å². The van der Waals surface area contributed by atoms with Crippen LogP contribution in [0.3, 0.4) is 0 Å². The van der Waals surface area contributed by atoms with Gasteiger partial charge in [0.15, 0.2) is 6.29 Å². The highest BCUT2D eigenvalue weighted by molar-refractivity contribution is 7.89. The summed E-state index contributed by atoms with van der Waals surface area (Å²) >= 11 is 0. The Kier molecular flexibility index (Phi) is 12.2. The van der Waals surface area contributed by atoms with Crippen LogP contribution in [0.5, 0.6) is 0 Å². The van der Waals surface area contributed by atoms with Gasteiger partial charge < -0.3 is 40.6 Å².